The normalized spacial score (nSPS) is 13.8. The molecule has 3 heterocycles. The highest BCUT2D eigenvalue weighted by molar-refractivity contribution is 5.95. The molecule has 4 rings (SSSR count). The molecule has 1 fully saturated rings. The van der Waals surface area contributed by atoms with Crippen molar-refractivity contribution in [1.29, 1.82) is 0 Å². The number of carbonyl (C=O) groups is 1. The monoisotopic (exact) mass is 439 g/mol. The lowest BCUT2D eigenvalue weighted by atomic mass is 10.1. The van der Waals surface area contributed by atoms with E-state index in [-0.39, 0.29) is 11.7 Å². The van der Waals surface area contributed by atoms with Gasteiger partial charge in [-0.3, -0.25) is 24.1 Å². The predicted molar refractivity (Wildman–Crippen MR) is 116 cm³/mol. The summed E-state index contributed by atoms with van der Waals surface area (Å²) in [5.74, 6) is 0.805. The quantitative estimate of drug-likeness (QED) is 0.434. The summed E-state index contributed by atoms with van der Waals surface area (Å²) in [5.41, 5.74) is -0.543. The van der Waals surface area contributed by atoms with Crippen molar-refractivity contribution in [2.45, 2.75) is 0 Å². The van der Waals surface area contributed by atoms with Crippen LogP contribution in [0, 0.1) is 10.1 Å². The molecule has 32 heavy (non-hydrogen) atoms. The van der Waals surface area contributed by atoms with Gasteiger partial charge in [0.15, 0.2) is 11.5 Å². The minimum absolute atomic E-state index is 0.0180. The average Bonchev–Trinajstić information content (AvgIpc) is 2.82. The number of hydrogen-bond donors (Lipinski definition) is 0. The lowest BCUT2D eigenvalue weighted by Crippen LogP contribution is -2.49. The summed E-state index contributed by atoms with van der Waals surface area (Å²) in [6.45, 7) is 1.24. The third kappa shape index (κ3) is 3.68. The number of carbonyl (C=O) groups excluding carboxylic acids is 1. The van der Waals surface area contributed by atoms with E-state index in [0.29, 0.717) is 48.9 Å². The number of nitro groups is 1. The SMILES string of the molecule is COc1ccc(C(=O)N2CCN(c3nc4ccccn4c(=O)c3[N+](=O)[O-])CC2)cc1OC. The molecule has 0 aliphatic carbocycles. The van der Waals surface area contributed by atoms with Gasteiger partial charge in [-0.2, -0.15) is 0 Å². The van der Waals surface area contributed by atoms with Crippen LogP contribution >= 0.6 is 0 Å². The summed E-state index contributed by atoms with van der Waals surface area (Å²) in [5, 5.41) is 11.6. The molecule has 1 aliphatic heterocycles. The Hall–Kier alpha value is -4.15. The summed E-state index contributed by atoms with van der Waals surface area (Å²) in [6.07, 6.45) is 1.45. The van der Waals surface area contributed by atoms with Crippen LogP contribution in [0.25, 0.3) is 5.65 Å². The lowest BCUT2D eigenvalue weighted by Gasteiger charge is -2.35. The van der Waals surface area contributed by atoms with E-state index < -0.39 is 16.2 Å². The van der Waals surface area contributed by atoms with Crippen molar-refractivity contribution in [1.82, 2.24) is 14.3 Å². The topological polar surface area (TPSA) is 120 Å². The number of pyridine rings is 1. The van der Waals surface area contributed by atoms with Crippen molar-refractivity contribution in [2.24, 2.45) is 0 Å². The van der Waals surface area contributed by atoms with Crippen LogP contribution in [-0.4, -0.2) is 65.5 Å². The minimum Gasteiger partial charge on any atom is -0.493 e. The highest BCUT2D eigenvalue weighted by atomic mass is 16.6. The number of fused-ring (bicyclic) bond motifs is 1. The van der Waals surface area contributed by atoms with Crippen molar-refractivity contribution in [3.63, 3.8) is 0 Å². The van der Waals surface area contributed by atoms with Gasteiger partial charge in [0.1, 0.15) is 5.65 Å². The molecule has 1 saturated heterocycles. The number of piperazine rings is 1. The molecular formula is C21H21N5O6. The van der Waals surface area contributed by atoms with E-state index in [0.717, 1.165) is 4.40 Å². The molecule has 0 saturated carbocycles. The van der Waals surface area contributed by atoms with E-state index in [1.165, 1.54) is 20.4 Å². The van der Waals surface area contributed by atoms with Crippen LogP contribution in [0.5, 0.6) is 11.5 Å². The Bertz CT molecular complexity index is 1250. The molecule has 1 aliphatic rings. The molecule has 3 aromatic rings. The second-order valence-electron chi connectivity index (χ2n) is 7.12. The highest BCUT2D eigenvalue weighted by Gasteiger charge is 2.31. The van der Waals surface area contributed by atoms with Gasteiger partial charge < -0.3 is 19.3 Å². The fourth-order valence-electron chi connectivity index (χ4n) is 3.72. The number of ether oxygens (including phenoxy) is 2. The number of nitrogens with zero attached hydrogens (tertiary/aromatic N) is 5. The Balaban J connectivity index is 1.57. The van der Waals surface area contributed by atoms with Crippen LogP contribution < -0.4 is 19.9 Å². The molecule has 0 N–H and O–H groups in total. The number of rotatable bonds is 5. The second kappa shape index (κ2) is 8.53. The summed E-state index contributed by atoms with van der Waals surface area (Å²) in [4.78, 5) is 44.2. The van der Waals surface area contributed by atoms with Crippen LogP contribution in [0.4, 0.5) is 11.5 Å². The maximum Gasteiger partial charge on any atom is 0.376 e. The summed E-state index contributed by atoms with van der Waals surface area (Å²) < 4.78 is 11.6. The van der Waals surface area contributed by atoms with Crippen LogP contribution in [-0.2, 0) is 0 Å². The van der Waals surface area contributed by atoms with Crippen molar-refractivity contribution in [3.8, 4) is 11.5 Å². The first kappa shape index (κ1) is 21.1. The maximum absolute atomic E-state index is 12.9. The molecule has 166 valence electrons. The number of benzene rings is 1. The third-order valence-electron chi connectivity index (χ3n) is 5.37. The highest BCUT2D eigenvalue weighted by Crippen LogP contribution is 2.29. The number of amides is 1. The Morgan fingerprint density at radius 1 is 1.06 bits per heavy atom. The van der Waals surface area contributed by atoms with Gasteiger partial charge in [-0.15, -0.1) is 0 Å². The first-order chi connectivity index (χ1) is 15.4. The number of anilines is 1. The molecular weight excluding hydrogens is 418 g/mol. The van der Waals surface area contributed by atoms with Crippen LogP contribution in [0.3, 0.4) is 0 Å². The zero-order valence-electron chi connectivity index (χ0n) is 17.6. The fraction of sp³-hybridized carbons (Fsp3) is 0.286. The second-order valence-corrected chi connectivity index (χ2v) is 7.12. The molecule has 0 unspecified atom stereocenters. The maximum atomic E-state index is 12.9. The Morgan fingerprint density at radius 2 is 1.78 bits per heavy atom. The Labute approximate surface area is 182 Å². The third-order valence-corrected chi connectivity index (χ3v) is 5.37. The Morgan fingerprint density at radius 3 is 2.44 bits per heavy atom. The van der Waals surface area contributed by atoms with Gasteiger partial charge in [0.25, 0.3) is 5.91 Å². The van der Waals surface area contributed by atoms with Gasteiger partial charge in [-0.1, -0.05) is 6.07 Å². The predicted octanol–water partition coefficient (Wildman–Crippen LogP) is 1.58. The lowest BCUT2D eigenvalue weighted by molar-refractivity contribution is -0.385. The number of hydrogen-bond acceptors (Lipinski definition) is 8. The fourth-order valence-corrected chi connectivity index (χ4v) is 3.72. The van der Waals surface area contributed by atoms with Gasteiger partial charge in [0, 0.05) is 37.9 Å². The van der Waals surface area contributed by atoms with Gasteiger partial charge >= 0.3 is 11.2 Å². The summed E-state index contributed by atoms with van der Waals surface area (Å²) in [6, 6.07) is 9.87. The molecule has 0 spiro atoms. The molecule has 11 nitrogen and oxygen atoms in total. The van der Waals surface area contributed by atoms with Gasteiger partial charge in [-0.05, 0) is 30.3 Å². The summed E-state index contributed by atoms with van der Waals surface area (Å²) >= 11 is 0. The summed E-state index contributed by atoms with van der Waals surface area (Å²) in [7, 11) is 3.02. The van der Waals surface area contributed by atoms with Crippen molar-refractivity contribution >= 4 is 23.1 Å². The molecule has 0 bridgehead atoms. The van der Waals surface area contributed by atoms with E-state index in [1.54, 1.807) is 46.2 Å². The first-order valence-electron chi connectivity index (χ1n) is 9.86. The number of methoxy groups -OCH3 is 2. The Kier molecular flexibility index (Phi) is 5.63. The molecule has 11 heteroatoms. The van der Waals surface area contributed by atoms with E-state index in [4.69, 9.17) is 9.47 Å². The van der Waals surface area contributed by atoms with Crippen molar-refractivity contribution in [3.05, 3.63) is 68.6 Å². The van der Waals surface area contributed by atoms with Crippen molar-refractivity contribution < 1.29 is 19.2 Å². The largest absolute Gasteiger partial charge is 0.493 e. The molecule has 1 amide bonds. The zero-order chi connectivity index (χ0) is 22.8. The van der Waals surface area contributed by atoms with Gasteiger partial charge in [0.05, 0.1) is 19.1 Å². The number of aromatic nitrogens is 2. The molecule has 0 radical (unpaired) electrons. The minimum atomic E-state index is -0.737. The van der Waals surface area contributed by atoms with Crippen molar-refractivity contribution in [2.75, 3.05) is 45.3 Å². The van der Waals surface area contributed by atoms with Crippen LogP contribution in [0.1, 0.15) is 10.4 Å². The van der Waals surface area contributed by atoms with E-state index in [2.05, 4.69) is 4.98 Å². The van der Waals surface area contributed by atoms with E-state index in [1.807, 2.05) is 0 Å². The van der Waals surface area contributed by atoms with E-state index in [9.17, 15) is 19.7 Å². The van der Waals surface area contributed by atoms with Crippen LogP contribution in [0.2, 0.25) is 0 Å². The first-order valence-corrected chi connectivity index (χ1v) is 9.86. The zero-order valence-corrected chi connectivity index (χ0v) is 17.6. The molecule has 1 aromatic carbocycles. The molecule has 0 atom stereocenters. The van der Waals surface area contributed by atoms with Gasteiger partial charge in [0.2, 0.25) is 5.82 Å². The smallest absolute Gasteiger partial charge is 0.376 e. The molecule has 2 aromatic heterocycles. The van der Waals surface area contributed by atoms with E-state index >= 15 is 0 Å². The van der Waals surface area contributed by atoms with Gasteiger partial charge in [-0.25, -0.2) is 4.98 Å². The average molecular weight is 439 g/mol. The standard InChI is InChI=1S/C21H21N5O6/c1-31-15-7-6-14(13-16(15)32-2)20(27)24-11-9-23(10-12-24)19-18(26(29)30)21(28)25-8-4-3-5-17(25)22-19/h3-8,13H,9-12H2,1-2H3. The van der Waals surface area contributed by atoms with Crippen LogP contribution in [0.15, 0.2) is 47.4 Å².